The Morgan fingerprint density at radius 3 is 2.61 bits per heavy atom. The zero-order valence-electron chi connectivity index (χ0n) is 10.8. The summed E-state index contributed by atoms with van der Waals surface area (Å²) in [5.74, 6) is -1.16. The van der Waals surface area contributed by atoms with Gasteiger partial charge in [-0.3, -0.25) is 4.79 Å². The fourth-order valence-corrected chi connectivity index (χ4v) is 1.58. The van der Waals surface area contributed by atoms with Gasteiger partial charge in [-0.05, 0) is 13.0 Å². The third kappa shape index (κ3) is 4.07. The lowest BCUT2D eigenvalue weighted by atomic mass is 10.1. The molecule has 0 bridgehead atoms. The summed E-state index contributed by atoms with van der Waals surface area (Å²) in [5.41, 5.74) is 0.397. The number of carbonyl (C=O) groups is 1. The van der Waals surface area contributed by atoms with Crippen LogP contribution in [0, 0.1) is 11.6 Å². The molecule has 0 aliphatic heterocycles. The number of amides is 1. The zero-order chi connectivity index (χ0) is 13.7. The SMILES string of the molecule is CC(NCCC(=O)N(C)C)c1ccc(F)cc1F. The van der Waals surface area contributed by atoms with E-state index in [1.165, 1.54) is 17.0 Å². The zero-order valence-corrected chi connectivity index (χ0v) is 10.8. The van der Waals surface area contributed by atoms with Gasteiger partial charge in [-0.1, -0.05) is 6.07 Å². The van der Waals surface area contributed by atoms with Crippen LogP contribution in [0.4, 0.5) is 8.78 Å². The van der Waals surface area contributed by atoms with Gasteiger partial charge in [0.1, 0.15) is 11.6 Å². The van der Waals surface area contributed by atoms with Crippen molar-refractivity contribution >= 4 is 5.91 Å². The van der Waals surface area contributed by atoms with Gasteiger partial charge in [0.25, 0.3) is 0 Å². The highest BCUT2D eigenvalue weighted by Gasteiger charge is 2.12. The van der Waals surface area contributed by atoms with E-state index in [4.69, 9.17) is 0 Å². The third-order valence-corrected chi connectivity index (χ3v) is 2.72. The molecule has 0 heterocycles. The van der Waals surface area contributed by atoms with Gasteiger partial charge in [0.2, 0.25) is 5.91 Å². The molecule has 1 aromatic rings. The maximum Gasteiger partial charge on any atom is 0.223 e. The van der Waals surface area contributed by atoms with E-state index < -0.39 is 11.6 Å². The van der Waals surface area contributed by atoms with Crippen molar-refractivity contribution in [1.82, 2.24) is 10.2 Å². The van der Waals surface area contributed by atoms with E-state index in [-0.39, 0.29) is 11.9 Å². The molecule has 0 aromatic heterocycles. The average Bonchev–Trinajstić information content (AvgIpc) is 2.28. The van der Waals surface area contributed by atoms with Crippen LogP contribution >= 0.6 is 0 Å². The molecule has 0 aliphatic carbocycles. The van der Waals surface area contributed by atoms with Crippen molar-refractivity contribution < 1.29 is 13.6 Å². The molecule has 0 radical (unpaired) electrons. The van der Waals surface area contributed by atoms with Crippen molar-refractivity contribution in [3.05, 3.63) is 35.4 Å². The van der Waals surface area contributed by atoms with Crippen LogP contribution in [0.1, 0.15) is 24.9 Å². The van der Waals surface area contributed by atoms with Crippen molar-refractivity contribution in [2.75, 3.05) is 20.6 Å². The molecular weight excluding hydrogens is 238 g/mol. The minimum atomic E-state index is -0.591. The first-order valence-electron chi connectivity index (χ1n) is 5.80. The Bertz CT molecular complexity index is 421. The maximum atomic E-state index is 13.5. The highest BCUT2D eigenvalue weighted by molar-refractivity contribution is 5.75. The molecule has 0 spiro atoms. The average molecular weight is 256 g/mol. The standard InChI is InChI=1S/C13H18F2N2O/c1-9(16-7-6-13(18)17(2)3)11-5-4-10(14)8-12(11)15/h4-5,8-9,16H,6-7H2,1-3H3. The molecule has 1 atom stereocenters. The number of hydrogen-bond acceptors (Lipinski definition) is 2. The summed E-state index contributed by atoms with van der Waals surface area (Å²) in [6.45, 7) is 2.23. The van der Waals surface area contributed by atoms with Crippen LogP contribution in [0.2, 0.25) is 0 Å². The van der Waals surface area contributed by atoms with Gasteiger partial charge >= 0.3 is 0 Å². The molecule has 0 saturated carbocycles. The first-order chi connectivity index (χ1) is 8.41. The van der Waals surface area contributed by atoms with E-state index in [0.717, 1.165) is 6.07 Å². The van der Waals surface area contributed by atoms with Gasteiger partial charge in [0.15, 0.2) is 0 Å². The predicted molar refractivity (Wildman–Crippen MR) is 66.1 cm³/mol. The number of nitrogens with zero attached hydrogens (tertiary/aromatic N) is 1. The molecule has 0 fully saturated rings. The molecular formula is C13H18F2N2O. The first-order valence-corrected chi connectivity index (χ1v) is 5.80. The fourth-order valence-electron chi connectivity index (χ4n) is 1.58. The van der Waals surface area contributed by atoms with Crippen LogP contribution in [0.15, 0.2) is 18.2 Å². The Labute approximate surface area is 106 Å². The van der Waals surface area contributed by atoms with Gasteiger partial charge in [0, 0.05) is 44.7 Å². The smallest absolute Gasteiger partial charge is 0.223 e. The molecule has 1 unspecified atom stereocenters. The van der Waals surface area contributed by atoms with Crippen LogP contribution < -0.4 is 5.32 Å². The minimum absolute atomic E-state index is 0.00859. The van der Waals surface area contributed by atoms with E-state index in [0.29, 0.717) is 18.5 Å². The largest absolute Gasteiger partial charge is 0.349 e. The summed E-state index contributed by atoms with van der Waals surface area (Å²) in [5, 5.41) is 3.04. The van der Waals surface area contributed by atoms with Crippen molar-refractivity contribution in [3.8, 4) is 0 Å². The molecule has 100 valence electrons. The second-order valence-electron chi connectivity index (χ2n) is 4.38. The molecule has 0 aliphatic rings. The summed E-state index contributed by atoms with van der Waals surface area (Å²) in [4.78, 5) is 12.8. The number of rotatable bonds is 5. The lowest BCUT2D eigenvalue weighted by Gasteiger charge is -2.16. The quantitative estimate of drug-likeness (QED) is 0.875. The van der Waals surface area contributed by atoms with Crippen molar-refractivity contribution in [2.24, 2.45) is 0 Å². The van der Waals surface area contributed by atoms with Gasteiger partial charge in [-0.25, -0.2) is 8.78 Å². The normalized spacial score (nSPS) is 12.3. The number of nitrogens with one attached hydrogen (secondary N) is 1. The van der Waals surface area contributed by atoms with Crippen LogP contribution in [-0.2, 0) is 4.79 Å². The van der Waals surface area contributed by atoms with Crippen molar-refractivity contribution in [2.45, 2.75) is 19.4 Å². The maximum absolute atomic E-state index is 13.5. The van der Waals surface area contributed by atoms with E-state index in [1.807, 2.05) is 0 Å². The van der Waals surface area contributed by atoms with Crippen molar-refractivity contribution in [3.63, 3.8) is 0 Å². The predicted octanol–water partition coefficient (Wildman–Crippen LogP) is 2.09. The Balaban J connectivity index is 2.50. The van der Waals surface area contributed by atoms with E-state index >= 15 is 0 Å². The second kappa shape index (κ2) is 6.44. The Hall–Kier alpha value is -1.49. The summed E-state index contributed by atoms with van der Waals surface area (Å²) in [6.07, 6.45) is 0.347. The molecule has 3 nitrogen and oxygen atoms in total. The number of hydrogen-bond donors (Lipinski definition) is 1. The van der Waals surface area contributed by atoms with Crippen molar-refractivity contribution in [1.29, 1.82) is 0 Å². The lowest BCUT2D eigenvalue weighted by Crippen LogP contribution is -2.28. The van der Waals surface area contributed by atoms with E-state index in [2.05, 4.69) is 5.32 Å². The second-order valence-corrected chi connectivity index (χ2v) is 4.38. The molecule has 1 amide bonds. The topological polar surface area (TPSA) is 32.3 Å². The Morgan fingerprint density at radius 2 is 2.06 bits per heavy atom. The minimum Gasteiger partial charge on any atom is -0.349 e. The lowest BCUT2D eigenvalue weighted by molar-refractivity contribution is -0.128. The Morgan fingerprint density at radius 1 is 1.39 bits per heavy atom. The summed E-state index contributed by atoms with van der Waals surface area (Å²) < 4.78 is 26.2. The van der Waals surface area contributed by atoms with Gasteiger partial charge in [-0.15, -0.1) is 0 Å². The van der Waals surface area contributed by atoms with E-state index in [1.54, 1.807) is 21.0 Å². The third-order valence-electron chi connectivity index (χ3n) is 2.72. The van der Waals surface area contributed by atoms with E-state index in [9.17, 15) is 13.6 Å². The summed E-state index contributed by atoms with van der Waals surface area (Å²) in [7, 11) is 3.37. The molecule has 0 saturated heterocycles. The number of carbonyl (C=O) groups excluding carboxylic acids is 1. The molecule has 1 aromatic carbocycles. The summed E-state index contributed by atoms with van der Waals surface area (Å²) in [6, 6.07) is 3.23. The molecule has 5 heteroatoms. The van der Waals surface area contributed by atoms with Crippen LogP contribution in [-0.4, -0.2) is 31.4 Å². The van der Waals surface area contributed by atoms with Crippen LogP contribution in [0.25, 0.3) is 0 Å². The number of benzene rings is 1. The highest BCUT2D eigenvalue weighted by Crippen LogP contribution is 2.17. The first kappa shape index (κ1) is 14.6. The van der Waals surface area contributed by atoms with Gasteiger partial charge in [0.05, 0.1) is 0 Å². The summed E-state index contributed by atoms with van der Waals surface area (Å²) >= 11 is 0. The van der Waals surface area contributed by atoms with Gasteiger partial charge < -0.3 is 10.2 Å². The van der Waals surface area contributed by atoms with Crippen LogP contribution in [0.5, 0.6) is 0 Å². The molecule has 18 heavy (non-hydrogen) atoms. The molecule has 1 rings (SSSR count). The molecule has 1 N–H and O–H groups in total. The van der Waals surface area contributed by atoms with Gasteiger partial charge in [-0.2, -0.15) is 0 Å². The van der Waals surface area contributed by atoms with Crippen LogP contribution in [0.3, 0.4) is 0 Å². The monoisotopic (exact) mass is 256 g/mol. The Kier molecular flexibility index (Phi) is 5.22. The highest BCUT2D eigenvalue weighted by atomic mass is 19.1. The number of halogens is 2. The fraction of sp³-hybridized carbons (Fsp3) is 0.462.